The molecule has 1 aromatic heterocycles. The summed E-state index contributed by atoms with van der Waals surface area (Å²) in [6.07, 6.45) is 7.26. The number of rotatable bonds is 8. The van der Waals surface area contributed by atoms with Crippen LogP contribution in [0.3, 0.4) is 0 Å². The zero-order chi connectivity index (χ0) is 13.4. The van der Waals surface area contributed by atoms with E-state index in [1.54, 1.807) is 12.4 Å². The van der Waals surface area contributed by atoms with Crippen molar-refractivity contribution in [2.24, 2.45) is 0 Å². The van der Waals surface area contributed by atoms with E-state index in [9.17, 15) is 0 Å². The van der Waals surface area contributed by atoms with Gasteiger partial charge in [-0.2, -0.15) is 0 Å². The number of nitrogens with zero attached hydrogens (tertiary/aromatic N) is 3. The standard InChI is InChI=1S/C14H22N4/c1-5-7-18(8-6-2)14-11-15-9-13(17-14)10-16-12(3)4/h5-6,9,11-12,16H,1-2,7-8,10H2,3-4H3. The first kappa shape index (κ1) is 14.4. The number of anilines is 1. The Bertz CT molecular complexity index is 377. The lowest BCUT2D eigenvalue weighted by Gasteiger charge is -2.20. The lowest BCUT2D eigenvalue weighted by atomic mass is 10.3. The van der Waals surface area contributed by atoms with Crippen LogP contribution in [0, 0.1) is 0 Å². The predicted molar refractivity (Wildman–Crippen MR) is 76.6 cm³/mol. The van der Waals surface area contributed by atoms with Crippen molar-refractivity contribution >= 4 is 5.82 Å². The Morgan fingerprint density at radius 3 is 2.50 bits per heavy atom. The molecule has 1 aromatic rings. The van der Waals surface area contributed by atoms with E-state index in [1.165, 1.54) is 0 Å². The molecule has 0 spiro atoms. The molecule has 18 heavy (non-hydrogen) atoms. The Hall–Kier alpha value is -1.68. The van der Waals surface area contributed by atoms with Gasteiger partial charge in [-0.25, -0.2) is 4.98 Å². The first-order valence-electron chi connectivity index (χ1n) is 6.18. The Morgan fingerprint density at radius 2 is 1.94 bits per heavy atom. The van der Waals surface area contributed by atoms with Crippen LogP contribution in [0.1, 0.15) is 19.5 Å². The van der Waals surface area contributed by atoms with E-state index < -0.39 is 0 Å². The van der Waals surface area contributed by atoms with Crippen molar-refractivity contribution in [2.45, 2.75) is 26.4 Å². The molecule has 0 bridgehead atoms. The summed E-state index contributed by atoms with van der Waals surface area (Å²) >= 11 is 0. The topological polar surface area (TPSA) is 41.1 Å². The van der Waals surface area contributed by atoms with E-state index >= 15 is 0 Å². The number of hydrogen-bond donors (Lipinski definition) is 1. The largest absolute Gasteiger partial charge is 0.348 e. The normalized spacial score (nSPS) is 10.4. The molecule has 0 unspecified atom stereocenters. The fraction of sp³-hybridized carbons (Fsp3) is 0.429. The van der Waals surface area contributed by atoms with Gasteiger partial charge in [-0.05, 0) is 0 Å². The van der Waals surface area contributed by atoms with Crippen molar-refractivity contribution in [2.75, 3.05) is 18.0 Å². The summed E-state index contributed by atoms with van der Waals surface area (Å²) in [7, 11) is 0. The average molecular weight is 246 g/mol. The van der Waals surface area contributed by atoms with Crippen molar-refractivity contribution < 1.29 is 0 Å². The maximum Gasteiger partial charge on any atom is 0.148 e. The minimum Gasteiger partial charge on any atom is -0.348 e. The first-order valence-corrected chi connectivity index (χ1v) is 6.18. The van der Waals surface area contributed by atoms with Crippen LogP contribution in [0.4, 0.5) is 5.82 Å². The molecule has 1 rings (SSSR count). The van der Waals surface area contributed by atoms with Gasteiger partial charge in [0.2, 0.25) is 0 Å². The molecular weight excluding hydrogens is 224 g/mol. The van der Waals surface area contributed by atoms with Gasteiger partial charge < -0.3 is 10.2 Å². The molecule has 4 heteroatoms. The van der Waals surface area contributed by atoms with Crippen molar-refractivity contribution in [3.8, 4) is 0 Å². The van der Waals surface area contributed by atoms with E-state index in [0.29, 0.717) is 6.04 Å². The molecule has 4 nitrogen and oxygen atoms in total. The third kappa shape index (κ3) is 4.67. The molecule has 1 heterocycles. The molecule has 0 aliphatic heterocycles. The van der Waals surface area contributed by atoms with Crippen molar-refractivity contribution in [3.05, 3.63) is 43.4 Å². The highest BCUT2D eigenvalue weighted by atomic mass is 15.2. The second kappa shape index (κ2) is 7.61. The van der Waals surface area contributed by atoms with Crippen molar-refractivity contribution in [1.82, 2.24) is 15.3 Å². The van der Waals surface area contributed by atoms with Crippen LogP contribution in [0.15, 0.2) is 37.7 Å². The van der Waals surface area contributed by atoms with Gasteiger partial charge in [0.1, 0.15) is 5.82 Å². The van der Waals surface area contributed by atoms with E-state index in [0.717, 1.165) is 31.1 Å². The molecular formula is C14H22N4. The van der Waals surface area contributed by atoms with Gasteiger partial charge in [0.05, 0.1) is 11.9 Å². The highest BCUT2D eigenvalue weighted by Gasteiger charge is 2.06. The Balaban J connectivity index is 2.77. The minimum absolute atomic E-state index is 0.438. The van der Waals surface area contributed by atoms with Crippen LogP contribution in [0.5, 0.6) is 0 Å². The quantitative estimate of drug-likeness (QED) is 0.714. The smallest absolute Gasteiger partial charge is 0.148 e. The minimum atomic E-state index is 0.438. The lowest BCUT2D eigenvalue weighted by Crippen LogP contribution is -2.26. The van der Waals surface area contributed by atoms with Crippen molar-refractivity contribution in [1.29, 1.82) is 0 Å². The van der Waals surface area contributed by atoms with Crippen LogP contribution in [-0.4, -0.2) is 29.1 Å². The fourth-order valence-corrected chi connectivity index (χ4v) is 1.51. The molecule has 0 aliphatic rings. The van der Waals surface area contributed by atoms with Gasteiger partial charge in [0, 0.05) is 31.9 Å². The number of aromatic nitrogens is 2. The Morgan fingerprint density at radius 1 is 1.28 bits per heavy atom. The van der Waals surface area contributed by atoms with E-state index in [2.05, 4.69) is 47.2 Å². The second-order valence-corrected chi connectivity index (χ2v) is 4.39. The number of nitrogens with one attached hydrogen (secondary N) is 1. The molecule has 1 N–H and O–H groups in total. The summed E-state index contributed by atoms with van der Waals surface area (Å²) in [6, 6.07) is 0.438. The Labute approximate surface area is 109 Å². The molecule has 0 radical (unpaired) electrons. The van der Waals surface area contributed by atoms with Gasteiger partial charge in [-0.1, -0.05) is 26.0 Å². The summed E-state index contributed by atoms with van der Waals surface area (Å²) in [5.74, 6) is 0.859. The van der Waals surface area contributed by atoms with Crippen LogP contribution < -0.4 is 10.2 Å². The zero-order valence-electron chi connectivity index (χ0n) is 11.3. The molecule has 0 aromatic carbocycles. The Kier molecular flexibility index (Phi) is 6.08. The fourth-order valence-electron chi connectivity index (χ4n) is 1.51. The summed E-state index contributed by atoms with van der Waals surface area (Å²) in [6.45, 7) is 13.9. The van der Waals surface area contributed by atoms with E-state index in [4.69, 9.17) is 0 Å². The van der Waals surface area contributed by atoms with Crippen molar-refractivity contribution in [3.63, 3.8) is 0 Å². The van der Waals surface area contributed by atoms with E-state index in [-0.39, 0.29) is 0 Å². The summed E-state index contributed by atoms with van der Waals surface area (Å²) in [4.78, 5) is 10.9. The highest BCUT2D eigenvalue weighted by molar-refractivity contribution is 5.38. The number of hydrogen-bond acceptors (Lipinski definition) is 4. The maximum atomic E-state index is 4.59. The molecule has 0 amide bonds. The summed E-state index contributed by atoms with van der Waals surface area (Å²) < 4.78 is 0. The van der Waals surface area contributed by atoms with E-state index in [1.807, 2.05) is 12.2 Å². The third-order valence-electron chi connectivity index (χ3n) is 2.39. The van der Waals surface area contributed by atoms with Gasteiger partial charge in [-0.15, -0.1) is 13.2 Å². The van der Waals surface area contributed by atoms with Crippen LogP contribution in [-0.2, 0) is 6.54 Å². The van der Waals surface area contributed by atoms with Gasteiger partial charge >= 0.3 is 0 Å². The lowest BCUT2D eigenvalue weighted by molar-refractivity contribution is 0.580. The molecule has 0 saturated heterocycles. The maximum absolute atomic E-state index is 4.59. The average Bonchev–Trinajstić information content (AvgIpc) is 2.36. The second-order valence-electron chi connectivity index (χ2n) is 4.39. The van der Waals surface area contributed by atoms with Crippen LogP contribution in [0.25, 0.3) is 0 Å². The monoisotopic (exact) mass is 246 g/mol. The van der Waals surface area contributed by atoms with Gasteiger partial charge in [0.15, 0.2) is 0 Å². The highest BCUT2D eigenvalue weighted by Crippen LogP contribution is 2.09. The molecule has 0 aliphatic carbocycles. The van der Waals surface area contributed by atoms with Crippen LogP contribution in [0.2, 0.25) is 0 Å². The zero-order valence-corrected chi connectivity index (χ0v) is 11.3. The summed E-state index contributed by atoms with van der Waals surface area (Å²) in [5, 5.41) is 3.33. The summed E-state index contributed by atoms with van der Waals surface area (Å²) in [5.41, 5.74) is 0.944. The molecule has 0 fully saturated rings. The SMILES string of the molecule is C=CCN(CC=C)c1cncc(CNC(C)C)n1. The van der Waals surface area contributed by atoms with Gasteiger partial charge in [0.25, 0.3) is 0 Å². The molecule has 0 atom stereocenters. The molecule has 98 valence electrons. The predicted octanol–water partition coefficient (Wildman–Crippen LogP) is 2.15. The third-order valence-corrected chi connectivity index (χ3v) is 2.39. The first-order chi connectivity index (χ1) is 8.67. The van der Waals surface area contributed by atoms with Gasteiger partial charge in [-0.3, -0.25) is 4.98 Å². The van der Waals surface area contributed by atoms with Crippen LogP contribution >= 0.6 is 0 Å². The molecule has 0 saturated carbocycles.